The van der Waals surface area contributed by atoms with E-state index >= 15 is 0 Å². The fourth-order valence-electron chi connectivity index (χ4n) is 4.37. The second-order valence-electron chi connectivity index (χ2n) is 6.51. The number of aromatic nitrogens is 2. The molecule has 3 rings (SSSR count). The number of carbonyl (C=O) groups is 1. The Morgan fingerprint density at radius 3 is 2.68 bits per heavy atom. The number of aliphatic hydroxyl groups is 1. The van der Waals surface area contributed by atoms with Crippen molar-refractivity contribution in [3.63, 3.8) is 0 Å². The summed E-state index contributed by atoms with van der Waals surface area (Å²) in [6.07, 6.45) is 6.52. The molecule has 1 amide bonds. The van der Waals surface area contributed by atoms with Gasteiger partial charge in [-0.25, -0.2) is 0 Å². The van der Waals surface area contributed by atoms with E-state index in [0.717, 1.165) is 39.0 Å². The second-order valence-corrected chi connectivity index (χ2v) is 6.51. The minimum Gasteiger partial charge on any atom is -0.395 e. The van der Waals surface area contributed by atoms with Crippen molar-refractivity contribution in [2.75, 3.05) is 32.8 Å². The Bertz CT molecular complexity index is 534. The number of aliphatic hydroxyl groups excluding tert-OH is 1. The van der Waals surface area contributed by atoms with Gasteiger partial charge in [0.1, 0.15) is 0 Å². The van der Waals surface area contributed by atoms with Gasteiger partial charge in [-0.05, 0) is 25.3 Å². The Morgan fingerprint density at radius 1 is 1.41 bits per heavy atom. The molecular weight excluding hydrogens is 280 g/mol. The van der Waals surface area contributed by atoms with Crippen LogP contribution < -0.4 is 0 Å². The van der Waals surface area contributed by atoms with Crippen LogP contribution >= 0.6 is 0 Å². The van der Waals surface area contributed by atoms with Crippen molar-refractivity contribution in [1.82, 2.24) is 19.6 Å². The number of hydrogen-bond acceptors (Lipinski definition) is 4. The van der Waals surface area contributed by atoms with Crippen molar-refractivity contribution in [2.45, 2.75) is 37.6 Å². The quantitative estimate of drug-likeness (QED) is 0.884. The molecule has 2 aliphatic heterocycles. The first kappa shape index (κ1) is 15.5. The number of hydrogen-bond donors (Lipinski definition) is 1. The summed E-state index contributed by atoms with van der Waals surface area (Å²) in [6.45, 7) is 5.67. The zero-order chi connectivity index (χ0) is 15.7. The van der Waals surface area contributed by atoms with Crippen LogP contribution in [-0.4, -0.2) is 68.9 Å². The highest BCUT2D eigenvalue weighted by molar-refractivity contribution is 5.81. The minimum absolute atomic E-state index is 0.0686. The van der Waals surface area contributed by atoms with Gasteiger partial charge in [0.2, 0.25) is 5.91 Å². The van der Waals surface area contributed by atoms with Crippen LogP contribution in [0, 0.1) is 0 Å². The van der Waals surface area contributed by atoms with Crippen molar-refractivity contribution in [3.05, 3.63) is 18.0 Å². The van der Waals surface area contributed by atoms with Crippen LogP contribution in [0.15, 0.2) is 12.4 Å². The third kappa shape index (κ3) is 2.44. The SMILES string of the molecule is CCN1C(=O)CC(c2cnn(C)c2)C12CCN(CCO)CC2. The molecule has 2 fully saturated rings. The first-order chi connectivity index (χ1) is 10.6. The molecule has 1 spiro atoms. The van der Waals surface area contributed by atoms with Crippen molar-refractivity contribution < 1.29 is 9.90 Å². The number of rotatable bonds is 4. The number of likely N-dealkylation sites (tertiary alicyclic amines) is 2. The van der Waals surface area contributed by atoms with Gasteiger partial charge in [-0.15, -0.1) is 0 Å². The fraction of sp³-hybridized carbons (Fsp3) is 0.750. The Labute approximate surface area is 131 Å². The van der Waals surface area contributed by atoms with E-state index in [4.69, 9.17) is 5.11 Å². The third-order valence-electron chi connectivity index (χ3n) is 5.45. The fourth-order valence-corrected chi connectivity index (χ4v) is 4.37. The molecule has 1 aromatic heterocycles. The summed E-state index contributed by atoms with van der Waals surface area (Å²) in [4.78, 5) is 16.9. The number of aryl methyl sites for hydroxylation is 1. The Morgan fingerprint density at radius 2 is 2.14 bits per heavy atom. The molecule has 0 radical (unpaired) electrons. The summed E-state index contributed by atoms with van der Waals surface area (Å²) in [5.74, 6) is 0.511. The standard InChI is InChI=1S/C16H26N4O2/c1-3-20-15(22)10-14(13-11-17-18(2)12-13)16(20)4-6-19(7-5-16)8-9-21/h11-12,14,21H,3-10H2,1-2H3. The van der Waals surface area contributed by atoms with E-state index in [1.165, 1.54) is 5.56 Å². The van der Waals surface area contributed by atoms with Crippen molar-refractivity contribution in [2.24, 2.45) is 7.05 Å². The molecule has 2 aliphatic rings. The minimum atomic E-state index is -0.0686. The third-order valence-corrected chi connectivity index (χ3v) is 5.45. The van der Waals surface area contributed by atoms with Gasteiger partial charge in [0.15, 0.2) is 0 Å². The molecule has 6 heteroatoms. The monoisotopic (exact) mass is 306 g/mol. The molecule has 22 heavy (non-hydrogen) atoms. The summed E-state index contributed by atoms with van der Waals surface area (Å²) < 4.78 is 1.82. The molecule has 6 nitrogen and oxygen atoms in total. The second kappa shape index (κ2) is 6.01. The van der Waals surface area contributed by atoms with Gasteiger partial charge in [-0.1, -0.05) is 0 Å². The van der Waals surface area contributed by atoms with Crippen LogP contribution in [0.3, 0.4) is 0 Å². The Balaban J connectivity index is 1.88. The van der Waals surface area contributed by atoms with E-state index in [2.05, 4.69) is 28.0 Å². The number of piperidine rings is 1. The van der Waals surface area contributed by atoms with Gasteiger partial charge in [0.25, 0.3) is 0 Å². The predicted molar refractivity (Wildman–Crippen MR) is 83.4 cm³/mol. The smallest absolute Gasteiger partial charge is 0.223 e. The average Bonchev–Trinajstić information content (AvgIpc) is 3.04. The van der Waals surface area contributed by atoms with E-state index in [-0.39, 0.29) is 24.0 Å². The number of amides is 1. The molecule has 0 aliphatic carbocycles. The highest BCUT2D eigenvalue weighted by Gasteiger charge is 2.53. The number of likely N-dealkylation sites (N-methyl/N-ethyl adjacent to an activating group) is 1. The lowest BCUT2D eigenvalue weighted by molar-refractivity contribution is -0.132. The van der Waals surface area contributed by atoms with E-state index in [9.17, 15) is 4.79 Å². The van der Waals surface area contributed by atoms with Gasteiger partial charge in [-0.3, -0.25) is 9.48 Å². The molecule has 1 atom stereocenters. The lowest BCUT2D eigenvalue weighted by Gasteiger charge is -2.47. The normalized spacial score (nSPS) is 25.3. The van der Waals surface area contributed by atoms with Gasteiger partial charge in [-0.2, -0.15) is 5.10 Å². The lowest BCUT2D eigenvalue weighted by Crippen LogP contribution is -2.55. The van der Waals surface area contributed by atoms with Crippen molar-refractivity contribution >= 4 is 5.91 Å². The topological polar surface area (TPSA) is 61.6 Å². The highest BCUT2D eigenvalue weighted by Crippen LogP contribution is 2.48. The van der Waals surface area contributed by atoms with Crippen molar-refractivity contribution in [1.29, 1.82) is 0 Å². The van der Waals surface area contributed by atoms with Gasteiger partial charge in [0, 0.05) is 51.8 Å². The van der Waals surface area contributed by atoms with Crippen LogP contribution in [0.4, 0.5) is 0 Å². The van der Waals surface area contributed by atoms with E-state index in [0.29, 0.717) is 6.42 Å². The Kier molecular flexibility index (Phi) is 4.23. The summed E-state index contributed by atoms with van der Waals surface area (Å²) in [7, 11) is 1.92. The molecule has 2 saturated heterocycles. The van der Waals surface area contributed by atoms with Gasteiger partial charge in [0.05, 0.1) is 18.3 Å². The zero-order valence-corrected chi connectivity index (χ0v) is 13.5. The maximum absolute atomic E-state index is 12.5. The van der Waals surface area contributed by atoms with Crippen LogP contribution in [0.25, 0.3) is 0 Å². The number of nitrogens with zero attached hydrogens (tertiary/aromatic N) is 4. The molecule has 1 unspecified atom stereocenters. The van der Waals surface area contributed by atoms with Crippen LogP contribution in [-0.2, 0) is 11.8 Å². The average molecular weight is 306 g/mol. The summed E-state index contributed by atoms with van der Waals surface area (Å²) in [6, 6.07) is 0. The zero-order valence-electron chi connectivity index (χ0n) is 13.5. The predicted octanol–water partition coefficient (Wildman–Crippen LogP) is 0.583. The summed E-state index contributed by atoms with van der Waals surface area (Å²) >= 11 is 0. The van der Waals surface area contributed by atoms with E-state index in [1.54, 1.807) is 0 Å². The maximum Gasteiger partial charge on any atom is 0.223 e. The summed E-state index contributed by atoms with van der Waals surface area (Å²) in [5.41, 5.74) is 1.11. The molecule has 122 valence electrons. The Hall–Kier alpha value is -1.40. The van der Waals surface area contributed by atoms with Crippen molar-refractivity contribution in [3.8, 4) is 0 Å². The number of carbonyl (C=O) groups excluding carboxylic acids is 1. The van der Waals surface area contributed by atoms with E-state index in [1.807, 2.05) is 17.9 Å². The largest absolute Gasteiger partial charge is 0.395 e. The molecule has 0 aromatic carbocycles. The molecular formula is C16H26N4O2. The molecule has 1 aromatic rings. The van der Waals surface area contributed by atoms with E-state index < -0.39 is 0 Å². The van der Waals surface area contributed by atoms with Crippen LogP contribution in [0.1, 0.15) is 37.7 Å². The summed E-state index contributed by atoms with van der Waals surface area (Å²) in [5, 5.41) is 13.4. The number of β-amino-alcohol motifs (C(OH)–C–C–N with tert-alkyl or cyclic N) is 1. The lowest BCUT2D eigenvalue weighted by atomic mass is 9.74. The van der Waals surface area contributed by atoms with Crippen LogP contribution in [0.2, 0.25) is 0 Å². The van der Waals surface area contributed by atoms with Gasteiger partial charge >= 0.3 is 0 Å². The maximum atomic E-state index is 12.5. The first-order valence-electron chi connectivity index (χ1n) is 8.23. The molecule has 0 bridgehead atoms. The van der Waals surface area contributed by atoms with Crippen LogP contribution in [0.5, 0.6) is 0 Å². The highest BCUT2D eigenvalue weighted by atomic mass is 16.3. The molecule has 1 N–H and O–H groups in total. The molecule has 3 heterocycles. The molecule has 0 saturated carbocycles. The first-order valence-corrected chi connectivity index (χ1v) is 8.23. The van der Waals surface area contributed by atoms with Gasteiger partial charge < -0.3 is 14.9 Å².